The van der Waals surface area contributed by atoms with Crippen molar-refractivity contribution in [1.82, 2.24) is 4.90 Å². The zero-order valence-corrected chi connectivity index (χ0v) is 7.18. The summed E-state index contributed by atoms with van der Waals surface area (Å²) < 4.78 is 4.59. The van der Waals surface area contributed by atoms with Crippen LogP contribution < -0.4 is 0 Å². The Labute approximate surface area is 67.3 Å². The fourth-order valence-corrected chi connectivity index (χ4v) is 0.403. The Kier molecular flexibility index (Phi) is 5.22. The Morgan fingerprint density at radius 2 is 2.09 bits per heavy atom. The molecule has 62 valence electrons. The molecule has 3 nitrogen and oxygen atoms in total. The molecule has 0 atom stereocenters. The average Bonchev–Trinajstić information content (AvgIpc) is 1.85. The van der Waals surface area contributed by atoms with Crippen LogP contribution in [0.5, 0.6) is 0 Å². The molecular weight excluding hydrogens is 142 g/mol. The third-order valence-electron chi connectivity index (χ3n) is 0.868. The smallest absolute Gasteiger partial charge is 0.303 e. The SMILES string of the molecule is CC(=O)OCC#CCN(C)C. The van der Waals surface area contributed by atoms with Crippen LogP contribution in [-0.4, -0.2) is 38.1 Å². The van der Waals surface area contributed by atoms with E-state index in [1.54, 1.807) is 0 Å². The molecule has 0 fully saturated rings. The summed E-state index contributed by atoms with van der Waals surface area (Å²) in [6.07, 6.45) is 0. The van der Waals surface area contributed by atoms with Gasteiger partial charge in [0.1, 0.15) is 0 Å². The van der Waals surface area contributed by atoms with Crippen LogP contribution in [0, 0.1) is 11.8 Å². The lowest BCUT2D eigenvalue weighted by Gasteiger charge is -2.00. The predicted octanol–water partition coefficient (Wildman–Crippen LogP) is 0.115. The van der Waals surface area contributed by atoms with Gasteiger partial charge in [0.15, 0.2) is 6.61 Å². The van der Waals surface area contributed by atoms with Crippen LogP contribution in [0.2, 0.25) is 0 Å². The summed E-state index contributed by atoms with van der Waals surface area (Å²) in [5, 5.41) is 0. The highest BCUT2D eigenvalue weighted by atomic mass is 16.5. The molecule has 3 heteroatoms. The summed E-state index contributed by atoms with van der Waals surface area (Å²) in [5.41, 5.74) is 0. The highest BCUT2D eigenvalue weighted by molar-refractivity contribution is 5.66. The number of hydrogen-bond acceptors (Lipinski definition) is 3. The molecule has 0 saturated carbocycles. The third kappa shape index (κ3) is 8.99. The molecule has 0 aromatic heterocycles. The Balaban J connectivity index is 3.33. The van der Waals surface area contributed by atoms with E-state index in [0.717, 1.165) is 0 Å². The zero-order chi connectivity index (χ0) is 8.69. The van der Waals surface area contributed by atoms with Crippen LogP contribution in [-0.2, 0) is 9.53 Å². The van der Waals surface area contributed by atoms with Gasteiger partial charge in [0.2, 0.25) is 0 Å². The standard InChI is InChI=1S/C8H13NO2/c1-8(10)11-7-5-4-6-9(2)3/h6-7H2,1-3H3. The maximum Gasteiger partial charge on any atom is 0.303 e. The van der Waals surface area contributed by atoms with Crippen molar-refractivity contribution in [2.45, 2.75) is 6.92 Å². The Morgan fingerprint density at radius 1 is 1.45 bits per heavy atom. The molecule has 11 heavy (non-hydrogen) atoms. The normalized spacial score (nSPS) is 8.73. The van der Waals surface area contributed by atoms with Crippen molar-refractivity contribution in [2.75, 3.05) is 27.2 Å². The first-order chi connectivity index (χ1) is 5.13. The average molecular weight is 155 g/mol. The number of hydrogen-bond donors (Lipinski definition) is 0. The first-order valence-electron chi connectivity index (χ1n) is 3.36. The fourth-order valence-electron chi connectivity index (χ4n) is 0.403. The Bertz CT molecular complexity index is 176. The van der Waals surface area contributed by atoms with Crippen molar-refractivity contribution >= 4 is 5.97 Å². The molecule has 0 rings (SSSR count). The number of rotatable bonds is 2. The summed E-state index contributed by atoms with van der Waals surface area (Å²) in [7, 11) is 3.86. The minimum Gasteiger partial charge on any atom is -0.453 e. The second kappa shape index (κ2) is 5.75. The molecule has 0 saturated heterocycles. The summed E-state index contributed by atoms with van der Waals surface area (Å²) in [4.78, 5) is 12.2. The van der Waals surface area contributed by atoms with E-state index in [4.69, 9.17) is 0 Å². The van der Waals surface area contributed by atoms with E-state index in [2.05, 4.69) is 16.6 Å². The Hall–Kier alpha value is -1.01. The van der Waals surface area contributed by atoms with Crippen LogP contribution in [0.25, 0.3) is 0 Å². The van der Waals surface area contributed by atoms with E-state index < -0.39 is 0 Å². The molecule has 0 aromatic rings. The van der Waals surface area contributed by atoms with Gasteiger partial charge >= 0.3 is 5.97 Å². The highest BCUT2D eigenvalue weighted by Crippen LogP contribution is 1.74. The summed E-state index contributed by atoms with van der Waals surface area (Å²) in [5.74, 6) is 5.26. The van der Waals surface area contributed by atoms with Crippen molar-refractivity contribution in [3.8, 4) is 11.8 Å². The molecule has 0 bridgehead atoms. The van der Waals surface area contributed by atoms with Gasteiger partial charge < -0.3 is 4.74 Å². The second-order valence-electron chi connectivity index (χ2n) is 2.37. The predicted molar refractivity (Wildman–Crippen MR) is 43.0 cm³/mol. The van der Waals surface area contributed by atoms with Crippen LogP contribution in [0.1, 0.15) is 6.92 Å². The van der Waals surface area contributed by atoms with E-state index in [0.29, 0.717) is 6.54 Å². The fraction of sp³-hybridized carbons (Fsp3) is 0.625. The van der Waals surface area contributed by atoms with Gasteiger partial charge in [-0.15, -0.1) is 0 Å². The van der Waals surface area contributed by atoms with Gasteiger partial charge in [-0.2, -0.15) is 0 Å². The largest absolute Gasteiger partial charge is 0.453 e. The van der Waals surface area contributed by atoms with Crippen LogP contribution in [0.3, 0.4) is 0 Å². The van der Waals surface area contributed by atoms with E-state index in [1.807, 2.05) is 19.0 Å². The number of carbonyl (C=O) groups excluding carboxylic acids is 1. The van der Waals surface area contributed by atoms with E-state index in [1.165, 1.54) is 6.92 Å². The third-order valence-corrected chi connectivity index (χ3v) is 0.868. The zero-order valence-electron chi connectivity index (χ0n) is 7.18. The van der Waals surface area contributed by atoms with Crippen LogP contribution in [0.4, 0.5) is 0 Å². The second-order valence-corrected chi connectivity index (χ2v) is 2.37. The molecule has 0 aliphatic heterocycles. The van der Waals surface area contributed by atoms with Crippen molar-refractivity contribution in [1.29, 1.82) is 0 Å². The Morgan fingerprint density at radius 3 is 2.55 bits per heavy atom. The van der Waals surface area contributed by atoms with Gasteiger partial charge in [-0.05, 0) is 14.1 Å². The summed E-state index contributed by atoms with van der Waals surface area (Å²) >= 11 is 0. The molecular formula is C8H13NO2. The summed E-state index contributed by atoms with van der Waals surface area (Å²) in [6.45, 7) is 2.26. The van der Waals surface area contributed by atoms with Crippen molar-refractivity contribution in [3.63, 3.8) is 0 Å². The van der Waals surface area contributed by atoms with E-state index >= 15 is 0 Å². The molecule has 0 radical (unpaired) electrons. The van der Waals surface area contributed by atoms with Crippen LogP contribution >= 0.6 is 0 Å². The van der Waals surface area contributed by atoms with E-state index in [-0.39, 0.29) is 12.6 Å². The first kappa shape index (κ1) is 9.99. The van der Waals surface area contributed by atoms with Gasteiger partial charge in [-0.3, -0.25) is 9.69 Å². The van der Waals surface area contributed by atoms with Gasteiger partial charge in [-0.25, -0.2) is 0 Å². The van der Waals surface area contributed by atoms with E-state index in [9.17, 15) is 4.79 Å². The number of nitrogens with zero attached hydrogens (tertiary/aromatic N) is 1. The minimum atomic E-state index is -0.288. The topological polar surface area (TPSA) is 29.5 Å². The van der Waals surface area contributed by atoms with Gasteiger partial charge in [0.25, 0.3) is 0 Å². The molecule has 0 aromatic carbocycles. The highest BCUT2D eigenvalue weighted by Gasteiger charge is 1.86. The number of carbonyl (C=O) groups is 1. The van der Waals surface area contributed by atoms with Gasteiger partial charge in [-0.1, -0.05) is 11.8 Å². The molecule has 0 heterocycles. The van der Waals surface area contributed by atoms with Gasteiger partial charge in [0, 0.05) is 6.92 Å². The van der Waals surface area contributed by atoms with Crippen molar-refractivity contribution in [3.05, 3.63) is 0 Å². The van der Waals surface area contributed by atoms with Crippen LogP contribution in [0.15, 0.2) is 0 Å². The molecule has 0 N–H and O–H groups in total. The van der Waals surface area contributed by atoms with Gasteiger partial charge in [0.05, 0.1) is 6.54 Å². The molecule has 0 spiro atoms. The molecule has 0 unspecified atom stereocenters. The van der Waals surface area contributed by atoms with Crippen molar-refractivity contribution in [2.24, 2.45) is 0 Å². The lowest BCUT2D eigenvalue weighted by Crippen LogP contribution is -2.11. The molecule has 0 aliphatic carbocycles. The molecule has 0 aliphatic rings. The number of esters is 1. The lowest BCUT2D eigenvalue weighted by atomic mass is 10.5. The lowest BCUT2D eigenvalue weighted by molar-refractivity contribution is -0.139. The minimum absolute atomic E-state index is 0.198. The quantitative estimate of drug-likeness (QED) is 0.419. The first-order valence-corrected chi connectivity index (χ1v) is 3.36. The maximum atomic E-state index is 10.2. The molecule has 0 amide bonds. The maximum absolute atomic E-state index is 10.2. The monoisotopic (exact) mass is 155 g/mol. The number of ether oxygens (including phenoxy) is 1. The summed E-state index contributed by atoms with van der Waals surface area (Å²) in [6, 6.07) is 0. The van der Waals surface area contributed by atoms with Crippen molar-refractivity contribution < 1.29 is 9.53 Å².